The molecule has 7 nitrogen and oxygen atoms in total. The van der Waals surface area contributed by atoms with Crippen molar-refractivity contribution >= 4 is 41.2 Å². The molecule has 3 rings (SSSR count). The molecule has 0 saturated carbocycles. The quantitative estimate of drug-likeness (QED) is 0.447. The van der Waals surface area contributed by atoms with E-state index in [0.29, 0.717) is 0 Å². The predicted octanol–water partition coefficient (Wildman–Crippen LogP) is 0.779. The van der Waals surface area contributed by atoms with Crippen molar-refractivity contribution in [2.24, 2.45) is 0 Å². The number of carbonyl (C=O) groups is 3. The number of carboxylic acid groups (broad SMARTS) is 1. The van der Waals surface area contributed by atoms with Crippen LogP contribution in [-0.4, -0.2) is 30.0 Å². The molecule has 0 spiro atoms. The zero-order chi connectivity index (χ0) is 20.4. The van der Waals surface area contributed by atoms with E-state index in [2.05, 4.69) is 10.6 Å². The number of ether oxygens (including phenoxy) is 1. The predicted molar refractivity (Wildman–Crippen MR) is 99.6 cm³/mol. The van der Waals surface area contributed by atoms with Crippen LogP contribution in [0, 0.1) is 5.82 Å². The minimum Gasteiger partial charge on any atom is -0.545 e. The summed E-state index contributed by atoms with van der Waals surface area (Å²) in [7, 11) is 1.36. The standard InChI is InChI=1S/C19H13FN2O5S/c1-27-13-5-3-2-4-10(13)14-11(18(25)26)7-6-9(15(14)20)8-12-16(23)21-19(28)22-17(12)24/h2-8H,1H3,(H,25,26)(H2,21,22,23,24,28)/p-1. The van der Waals surface area contributed by atoms with E-state index in [0.717, 1.165) is 18.2 Å². The Morgan fingerprint density at radius 3 is 2.39 bits per heavy atom. The number of methoxy groups -OCH3 is 1. The van der Waals surface area contributed by atoms with Gasteiger partial charge in [0, 0.05) is 22.3 Å². The van der Waals surface area contributed by atoms with Gasteiger partial charge in [-0.25, -0.2) is 4.39 Å². The van der Waals surface area contributed by atoms with Gasteiger partial charge in [-0.2, -0.15) is 0 Å². The molecule has 0 radical (unpaired) electrons. The van der Waals surface area contributed by atoms with Gasteiger partial charge in [-0.05, 0) is 24.4 Å². The molecule has 9 heteroatoms. The number of rotatable bonds is 4. The molecule has 0 bridgehead atoms. The lowest BCUT2D eigenvalue weighted by molar-refractivity contribution is -0.255. The second kappa shape index (κ2) is 7.57. The fourth-order valence-electron chi connectivity index (χ4n) is 2.75. The average Bonchev–Trinajstić information content (AvgIpc) is 2.65. The highest BCUT2D eigenvalue weighted by Gasteiger charge is 2.27. The van der Waals surface area contributed by atoms with Gasteiger partial charge in [-0.3, -0.25) is 20.2 Å². The molecule has 142 valence electrons. The molecule has 1 aliphatic rings. The van der Waals surface area contributed by atoms with Crippen molar-refractivity contribution in [3.05, 3.63) is 58.9 Å². The molecule has 0 atom stereocenters. The van der Waals surface area contributed by atoms with Crippen molar-refractivity contribution in [3.63, 3.8) is 0 Å². The van der Waals surface area contributed by atoms with Gasteiger partial charge in [-0.15, -0.1) is 0 Å². The van der Waals surface area contributed by atoms with Gasteiger partial charge in [-0.1, -0.05) is 30.3 Å². The molecule has 1 aliphatic heterocycles. The molecule has 2 aromatic rings. The fraction of sp³-hybridized carbons (Fsp3) is 0.0526. The lowest BCUT2D eigenvalue weighted by Gasteiger charge is -2.18. The number of carboxylic acids is 1. The Balaban J connectivity index is 2.22. The first-order valence-corrected chi connectivity index (χ1v) is 8.30. The zero-order valence-corrected chi connectivity index (χ0v) is 15.2. The molecular formula is C19H12FN2O5S-. The Kier molecular flexibility index (Phi) is 5.18. The molecule has 1 fully saturated rings. The van der Waals surface area contributed by atoms with Crippen LogP contribution < -0.4 is 20.5 Å². The summed E-state index contributed by atoms with van der Waals surface area (Å²) in [5.41, 5.74) is -1.04. The van der Waals surface area contributed by atoms with Crippen molar-refractivity contribution in [2.75, 3.05) is 7.11 Å². The molecule has 1 saturated heterocycles. The van der Waals surface area contributed by atoms with E-state index in [9.17, 15) is 19.5 Å². The van der Waals surface area contributed by atoms with Crippen LogP contribution in [0.1, 0.15) is 15.9 Å². The summed E-state index contributed by atoms with van der Waals surface area (Å²) >= 11 is 4.71. The molecule has 28 heavy (non-hydrogen) atoms. The van der Waals surface area contributed by atoms with E-state index in [4.69, 9.17) is 17.0 Å². The number of hydrogen-bond acceptors (Lipinski definition) is 6. The van der Waals surface area contributed by atoms with Gasteiger partial charge in [0.2, 0.25) is 0 Å². The summed E-state index contributed by atoms with van der Waals surface area (Å²) < 4.78 is 20.5. The summed E-state index contributed by atoms with van der Waals surface area (Å²) in [4.78, 5) is 35.5. The monoisotopic (exact) mass is 399 g/mol. The minimum absolute atomic E-state index is 0.158. The topological polar surface area (TPSA) is 108 Å². The molecule has 0 unspecified atom stereocenters. The number of nitrogens with one attached hydrogen (secondary N) is 2. The Morgan fingerprint density at radius 2 is 1.79 bits per heavy atom. The van der Waals surface area contributed by atoms with Crippen molar-refractivity contribution in [2.45, 2.75) is 0 Å². The maximum Gasteiger partial charge on any atom is 0.263 e. The van der Waals surface area contributed by atoms with E-state index in [1.807, 2.05) is 0 Å². The van der Waals surface area contributed by atoms with Crippen LogP contribution in [-0.2, 0) is 9.59 Å². The first-order chi connectivity index (χ1) is 13.3. The van der Waals surface area contributed by atoms with Gasteiger partial charge in [0.1, 0.15) is 17.1 Å². The second-order valence-corrected chi connectivity index (χ2v) is 6.08. The number of aromatic carboxylic acids is 1. The normalized spacial score (nSPS) is 13.6. The lowest BCUT2D eigenvalue weighted by Crippen LogP contribution is -2.51. The van der Waals surface area contributed by atoms with Gasteiger partial charge >= 0.3 is 0 Å². The number of halogens is 1. The van der Waals surface area contributed by atoms with Gasteiger partial charge in [0.25, 0.3) is 11.8 Å². The van der Waals surface area contributed by atoms with Crippen LogP contribution in [0.2, 0.25) is 0 Å². The van der Waals surface area contributed by atoms with E-state index in [-0.39, 0.29) is 33.1 Å². The SMILES string of the molecule is COc1ccccc1-c1c(C(=O)[O-])ccc(C=C2C(=O)NC(=S)NC2=O)c1F. The second-order valence-electron chi connectivity index (χ2n) is 5.67. The van der Waals surface area contributed by atoms with Gasteiger partial charge in [0.05, 0.1) is 13.1 Å². The minimum atomic E-state index is -1.59. The van der Waals surface area contributed by atoms with Crippen LogP contribution in [0.5, 0.6) is 5.75 Å². The highest BCUT2D eigenvalue weighted by Crippen LogP contribution is 2.36. The van der Waals surface area contributed by atoms with Crippen LogP contribution >= 0.6 is 12.2 Å². The first-order valence-electron chi connectivity index (χ1n) is 7.89. The average molecular weight is 399 g/mol. The Morgan fingerprint density at radius 1 is 1.14 bits per heavy atom. The summed E-state index contributed by atoms with van der Waals surface area (Å²) in [6.07, 6.45) is 1.01. The van der Waals surface area contributed by atoms with Crippen LogP contribution in [0.3, 0.4) is 0 Å². The third-order valence-electron chi connectivity index (χ3n) is 4.01. The molecule has 2 N–H and O–H groups in total. The smallest absolute Gasteiger partial charge is 0.263 e. The third kappa shape index (κ3) is 3.47. The first kappa shape index (κ1) is 19.2. The Labute approximate surface area is 163 Å². The van der Waals surface area contributed by atoms with Crippen molar-refractivity contribution < 1.29 is 28.6 Å². The lowest BCUT2D eigenvalue weighted by atomic mass is 9.94. The van der Waals surface area contributed by atoms with E-state index in [1.54, 1.807) is 18.2 Å². The number of carbonyl (C=O) groups excluding carboxylic acids is 3. The Hall–Kier alpha value is -3.59. The van der Waals surface area contributed by atoms with Gasteiger partial charge in [0.15, 0.2) is 5.11 Å². The van der Waals surface area contributed by atoms with Crippen LogP contribution in [0.15, 0.2) is 42.0 Å². The number of hydrogen-bond donors (Lipinski definition) is 2. The van der Waals surface area contributed by atoms with Gasteiger partial charge < -0.3 is 14.6 Å². The highest BCUT2D eigenvalue weighted by molar-refractivity contribution is 7.80. The molecule has 1 heterocycles. The zero-order valence-electron chi connectivity index (χ0n) is 14.4. The number of para-hydroxylation sites is 1. The van der Waals surface area contributed by atoms with Crippen molar-refractivity contribution in [1.82, 2.24) is 10.6 Å². The third-order valence-corrected chi connectivity index (χ3v) is 4.22. The molecule has 0 aliphatic carbocycles. The van der Waals surface area contributed by atoms with Crippen LogP contribution in [0.25, 0.3) is 17.2 Å². The summed E-state index contributed by atoms with van der Waals surface area (Å²) in [6, 6.07) is 8.53. The number of thiocarbonyl (C=S) groups is 1. The largest absolute Gasteiger partial charge is 0.545 e. The Bertz CT molecular complexity index is 1040. The molecule has 2 aromatic carbocycles. The summed E-state index contributed by atoms with van der Waals surface area (Å²) in [6.45, 7) is 0. The number of benzene rings is 2. The summed E-state index contributed by atoms with van der Waals surface area (Å²) in [5.74, 6) is -3.89. The van der Waals surface area contributed by atoms with E-state index < -0.39 is 29.2 Å². The van der Waals surface area contributed by atoms with Crippen LogP contribution in [0.4, 0.5) is 4.39 Å². The van der Waals surface area contributed by atoms with Crippen molar-refractivity contribution in [1.29, 1.82) is 0 Å². The number of amides is 2. The molecule has 0 aromatic heterocycles. The van der Waals surface area contributed by atoms with E-state index >= 15 is 4.39 Å². The van der Waals surface area contributed by atoms with E-state index in [1.165, 1.54) is 13.2 Å². The van der Waals surface area contributed by atoms with Crippen molar-refractivity contribution in [3.8, 4) is 16.9 Å². The maximum absolute atomic E-state index is 15.3. The summed E-state index contributed by atoms with van der Waals surface area (Å²) in [5, 5.41) is 15.8. The maximum atomic E-state index is 15.3. The molecular weight excluding hydrogens is 387 g/mol. The highest BCUT2D eigenvalue weighted by atomic mass is 32.1. The molecule has 2 amide bonds. The fourth-order valence-corrected chi connectivity index (χ4v) is 2.94.